The largest absolute Gasteiger partial charge is 0.489 e. The number of hydrogen-bond donors (Lipinski definition) is 1. The normalized spacial score (nSPS) is 10.8. The number of anilines is 1. The van der Waals surface area contributed by atoms with Gasteiger partial charge in [0.25, 0.3) is 0 Å². The quantitative estimate of drug-likeness (QED) is 0.602. The van der Waals surface area contributed by atoms with Gasteiger partial charge in [-0.25, -0.2) is 0 Å². The van der Waals surface area contributed by atoms with Gasteiger partial charge in [-0.05, 0) is 30.5 Å². The SMILES string of the molecule is CC(C)CCOCCOc1ccc(Cl)cc1N. The van der Waals surface area contributed by atoms with Crippen molar-refractivity contribution in [2.24, 2.45) is 5.92 Å². The molecule has 0 bridgehead atoms. The lowest BCUT2D eigenvalue weighted by atomic mass is 10.1. The van der Waals surface area contributed by atoms with Gasteiger partial charge in [0.15, 0.2) is 0 Å². The Morgan fingerprint density at radius 3 is 2.65 bits per heavy atom. The zero-order chi connectivity index (χ0) is 12.7. The van der Waals surface area contributed by atoms with E-state index in [4.69, 9.17) is 26.8 Å². The smallest absolute Gasteiger partial charge is 0.142 e. The Morgan fingerprint density at radius 2 is 2.00 bits per heavy atom. The molecule has 0 unspecified atom stereocenters. The Labute approximate surface area is 108 Å². The van der Waals surface area contributed by atoms with Crippen LogP contribution in [0.2, 0.25) is 5.02 Å². The fraction of sp³-hybridized carbons (Fsp3) is 0.538. The summed E-state index contributed by atoms with van der Waals surface area (Å²) in [5, 5.41) is 0.614. The number of hydrogen-bond acceptors (Lipinski definition) is 3. The summed E-state index contributed by atoms with van der Waals surface area (Å²) in [4.78, 5) is 0. The van der Waals surface area contributed by atoms with E-state index in [1.165, 1.54) is 0 Å². The minimum Gasteiger partial charge on any atom is -0.489 e. The molecule has 0 radical (unpaired) electrons. The van der Waals surface area contributed by atoms with Crippen LogP contribution in [0.25, 0.3) is 0 Å². The molecule has 2 N–H and O–H groups in total. The van der Waals surface area contributed by atoms with E-state index in [1.54, 1.807) is 18.2 Å². The fourth-order valence-corrected chi connectivity index (χ4v) is 1.46. The van der Waals surface area contributed by atoms with Gasteiger partial charge >= 0.3 is 0 Å². The molecular weight excluding hydrogens is 238 g/mol. The summed E-state index contributed by atoms with van der Waals surface area (Å²) in [6, 6.07) is 5.20. The summed E-state index contributed by atoms with van der Waals surface area (Å²) < 4.78 is 10.9. The third-order valence-corrected chi connectivity index (χ3v) is 2.53. The molecule has 96 valence electrons. The molecule has 1 aromatic rings. The van der Waals surface area contributed by atoms with Gasteiger partial charge in [-0.2, -0.15) is 0 Å². The Hall–Kier alpha value is -0.930. The molecule has 0 heterocycles. The lowest BCUT2D eigenvalue weighted by Crippen LogP contribution is -2.09. The van der Waals surface area contributed by atoms with E-state index in [9.17, 15) is 0 Å². The van der Waals surface area contributed by atoms with E-state index in [1.807, 2.05) is 0 Å². The topological polar surface area (TPSA) is 44.5 Å². The van der Waals surface area contributed by atoms with Crippen LogP contribution in [0.5, 0.6) is 5.75 Å². The molecule has 0 spiro atoms. The highest BCUT2D eigenvalue weighted by atomic mass is 35.5. The molecule has 0 saturated carbocycles. The second-order valence-corrected chi connectivity index (χ2v) is 4.76. The maximum atomic E-state index is 5.79. The maximum absolute atomic E-state index is 5.79. The van der Waals surface area contributed by atoms with E-state index >= 15 is 0 Å². The van der Waals surface area contributed by atoms with Crippen molar-refractivity contribution in [3.63, 3.8) is 0 Å². The molecule has 0 aliphatic carbocycles. The van der Waals surface area contributed by atoms with Gasteiger partial charge < -0.3 is 15.2 Å². The Morgan fingerprint density at radius 1 is 1.24 bits per heavy atom. The third kappa shape index (κ3) is 5.80. The molecule has 1 aromatic carbocycles. The zero-order valence-corrected chi connectivity index (χ0v) is 11.2. The van der Waals surface area contributed by atoms with E-state index in [0.29, 0.717) is 35.6 Å². The number of rotatable bonds is 7. The Bertz CT molecular complexity index is 342. The molecule has 0 saturated heterocycles. The van der Waals surface area contributed by atoms with Crippen LogP contribution < -0.4 is 10.5 Å². The highest BCUT2D eigenvalue weighted by molar-refractivity contribution is 6.30. The van der Waals surface area contributed by atoms with E-state index < -0.39 is 0 Å². The zero-order valence-electron chi connectivity index (χ0n) is 10.4. The lowest BCUT2D eigenvalue weighted by Gasteiger charge is -2.10. The standard InChI is InChI=1S/C13H20ClNO2/c1-10(2)5-6-16-7-8-17-13-4-3-11(14)9-12(13)15/h3-4,9-10H,5-8,15H2,1-2H3. The van der Waals surface area contributed by atoms with Crippen LogP contribution in [-0.4, -0.2) is 19.8 Å². The second-order valence-electron chi connectivity index (χ2n) is 4.33. The van der Waals surface area contributed by atoms with Gasteiger partial charge in [0.1, 0.15) is 12.4 Å². The van der Waals surface area contributed by atoms with Crippen molar-refractivity contribution in [2.75, 3.05) is 25.6 Å². The Kier molecular flexibility index (Phi) is 6.16. The molecule has 3 nitrogen and oxygen atoms in total. The fourth-order valence-electron chi connectivity index (χ4n) is 1.28. The van der Waals surface area contributed by atoms with Crippen LogP contribution in [0.1, 0.15) is 20.3 Å². The molecule has 0 atom stereocenters. The molecule has 1 rings (SSSR count). The van der Waals surface area contributed by atoms with Crippen LogP contribution in [-0.2, 0) is 4.74 Å². The summed E-state index contributed by atoms with van der Waals surface area (Å²) in [7, 11) is 0. The number of halogens is 1. The van der Waals surface area contributed by atoms with Crippen molar-refractivity contribution in [2.45, 2.75) is 20.3 Å². The summed E-state index contributed by atoms with van der Waals surface area (Å²) in [6.45, 7) is 6.21. The van der Waals surface area contributed by atoms with Crippen LogP contribution in [0.4, 0.5) is 5.69 Å². The first-order valence-electron chi connectivity index (χ1n) is 5.85. The number of benzene rings is 1. The third-order valence-electron chi connectivity index (χ3n) is 2.30. The van der Waals surface area contributed by atoms with Gasteiger partial charge in [0.05, 0.1) is 12.3 Å². The van der Waals surface area contributed by atoms with Crippen molar-refractivity contribution >= 4 is 17.3 Å². The maximum Gasteiger partial charge on any atom is 0.142 e. The monoisotopic (exact) mass is 257 g/mol. The van der Waals surface area contributed by atoms with Gasteiger partial charge in [-0.3, -0.25) is 0 Å². The Balaban J connectivity index is 2.18. The first-order valence-corrected chi connectivity index (χ1v) is 6.23. The number of nitrogens with two attached hydrogens (primary N) is 1. The van der Waals surface area contributed by atoms with Crippen molar-refractivity contribution < 1.29 is 9.47 Å². The van der Waals surface area contributed by atoms with Gasteiger partial charge in [0, 0.05) is 11.6 Å². The molecule has 0 aliphatic heterocycles. The minimum absolute atomic E-state index is 0.504. The number of nitrogen functional groups attached to an aromatic ring is 1. The van der Waals surface area contributed by atoms with E-state index in [2.05, 4.69) is 13.8 Å². The summed E-state index contributed by atoms with van der Waals surface area (Å²) in [6.07, 6.45) is 1.07. The van der Waals surface area contributed by atoms with Gasteiger partial charge in [0.2, 0.25) is 0 Å². The summed E-state index contributed by atoms with van der Waals surface area (Å²) >= 11 is 5.79. The molecule has 0 amide bonds. The molecular formula is C13H20ClNO2. The van der Waals surface area contributed by atoms with Crippen LogP contribution >= 0.6 is 11.6 Å². The first kappa shape index (κ1) is 14.1. The van der Waals surface area contributed by atoms with Gasteiger partial charge in [-0.1, -0.05) is 25.4 Å². The highest BCUT2D eigenvalue weighted by Gasteiger charge is 2.01. The minimum atomic E-state index is 0.504. The van der Waals surface area contributed by atoms with Crippen LogP contribution in [0, 0.1) is 5.92 Å². The van der Waals surface area contributed by atoms with Crippen molar-refractivity contribution in [3.05, 3.63) is 23.2 Å². The van der Waals surface area contributed by atoms with Crippen molar-refractivity contribution in [1.29, 1.82) is 0 Å². The molecule has 17 heavy (non-hydrogen) atoms. The molecule has 0 aromatic heterocycles. The number of ether oxygens (including phenoxy) is 2. The van der Waals surface area contributed by atoms with E-state index in [0.717, 1.165) is 13.0 Å². The van der Waals surface area contributed by atoms with Crippen molar-refractivity contribution in [1.82, 2.24) is 0 Å². The van der Waals surface area contributed by atoms with Gasteiger partial charge in [-0.15, -0.1) is 0 Å². The summed E-state index contributed by atoms with van der Waals surface area (Å²) in [5.41, 5.74) is 6.31. The van der Waals surface area contributed by atoms with Crippen molar-refractivity contribution in [3.8, 4) is 5.75 Å². The molecule has 4 heteroatoms. The van der Waals surface area contributed by atoms with E-state index in [-0.39, 0.29) is 0 Å². The second kappa shape index (κ2) is 7.41. The summed E-state index contributed by atoms with van der Waals surface area (Å²) in [5.74, 6) is 1.32. The predicted molar refractivity (Wildman–Crippen MR) is 71.6 cm³/mol. The lowest BCUT2D eigenvalue weighted by molar-refractivity contribution is 0.0928. The molecule has 0 fully saturated rings. The first-order chi connectivity index (χ1) is 8.09. The highest BCUT2D eigenvalue weighted by Crippen LogP contribution is 2.24. The average molecular weight is 258 g/mol. The van der Waals surface area contributed by atoms with Crippen LogP contribution in [0.15, 0.2) is 18.2 Å². The average Bonchev–Trinajstić information content (AvgIpc) is 2.25. The van der Waals surface area contributed by atoms with Crippen LogP contribution in [0.3, 0.4) is 0 Å². The molecule has 0 aliphatic rings. The predicted octanol–water partition coefficient (Wildman–Crippen LogP) is 3.36.